The number of hydrogen-bond acceptors (Lipinski definition) is 5. The van der Waals surface area contributed by atoms with Gasteiger partial charge in [0.05, 0.1) is 17.0 Å². The Morgan fingerprint density at radius 2 is 1.60 bits per heavy atom. The molecule has 4 fully saturated rings. The van der Waals surface area contributed by atoms with Gasteiger partial charge in [-0.3, -0.25) is 9.79 Å². The Bertz CT molecular complexity index is 1770. The van der Waals surface area contributed by atoms with Gasteiger partial charge in [0.1, 0.15) is 17.2 Å². The molecule has 4 saturated carbocycles. The number of aliphatic imine (C=N–C) groups is 1. The Kier molecular flexibility index (Phi) is 7.74. The van der Waals surface area contributed by atoms with Gasteiger partial charge in [0.15, 0.2) is 0 Å². The first-order chi connectivity index (χ1) is 22.3. The summed E-state index contributed by atoms with van der Waals surface area (Å²) in [6.45, 7) is 0.738. The molecule has 12 heteroatoms. The van der Waals surface area contributed by atoms with E-state index < -0.39 is 44.1 Å². The quantitative estimate of drug-likeness (QED) is 0.251. The molecule has 3 aromatic carbocycles. The topological polar surface area (TPSA) is 90.9 Å². The number of sulfonamides is 1. The fourth-order valence-corrected chi connectivity index (χ4v) is 9.39. The van der Waals surface area contributed by atoms with E-state index in [1.165, 1.54) is 35.0 Å². The Labute approximate surface area is 271 Å². The first kappa shape index (κ1) is 31.8. The summed E-state index contributed by atoms with van der Waals surface area (Å²) in [6.07, 6.45) is 0.646. The molecule has 7 nitrogen and oxygen atoms in total. The van der Waals surface area contributed by atoms with Crippen molar-refractivity contribution < 1.29 is 30.8 Å². The Balaban J connectivity index is 1.12. The highest BCUT2D eigenvalue weighted by molar-refractivity contribution is 7.89. The zero-order valence-corrected chi connectivity index (χ0v) is 26.5. The zero-order chi connectivity index (χ0) is 33.1. The number of alkyl halides is 3. The predicted octanol–water partition coefficient (Wildman–Crippen LogP) is 5.86. The molecule has 8 rings (SSSR count). The lowest BCUT2D eigenvalue weighted by molar-refractivity contribution is -0.151. The fraction of sp³-hybridized carbons (Fsp3) is 0.429. The van der Waals surface area contributed by atoms with Gasteiger partial charge in [0, 0.05) is 30.5 Å². The highest BCUT2D eigenvalue weighted by atomic mass is 32.2. The first-order valence-corrected chi connectivity index (χ1v) is 17.4. The van der Waals surface area contributed by atoms with Crippen molar-refractivity contribution >= 4 is 21.8 Å². The molecule has 2 bridgehead atoms. The van der Waals surface area contributed by atoms with Gasteiger partial charge in [-0.25, -0.2) is 12.8 Å². The van der Waals surface area contributed by atoms with Gasteiger partial charge in [-0.05, 0) is 85.5 Å². The molecule has 0 saturated heterocycles. The molecule has 5 aliphatic rings. The van der Waals surface area contributed by atoms with Crippen molar-refractivity contribution in [1.82, 2.24) is 14.9 Å². The van der Waals surface area contributed by atoms with E-state index in [2.05, 4.69) is 10.6 Å². The molecule has 1 aliphatic heterocycles. The molecular weight excluding hydrogens is 632 g/mol. The summed E-state index contributed by atoms with van der Waals surface area (Å²) in [5, 5.41) is 6.67. The highest BCUT2D eigenvalue weighted by Crippen LogP contribution is 2.71. The van der Waals surface area contributed by atoms with Crippen LogP contribution in [0.4, 0.5) is 17.6 Å². The van der Waals surface area contributed by atoms with Crippen molar-refractivity contribution in [3.05, 3.63) is 101 Å². The normalized spacial score (nSPS) is 26.9. The van der Waals surface area contributed by atoms with Gasteiger partial charge in [0.2, 0.25) is 15.9 Å². The number of amides is 1. The Morgan fingerprint density at radius 3 is 2.19 bits per heavy atom. The molecule has 0 radical (unpaired) electrons. The maximum atomic E-state index is 14.0. The van der Waals surface area contributed by atoms with Crippen LogP contribution in [0, 0.1) is 17.2 Å². The van der Waals surface area contributed by atoms with Crippen LogP contribution in [0.5, 0.6) is 0 Å². The zero-order valence-electron chi connectivity index (χ0n) is 25.7. The van der Waals surface area contributed by atoms with Crippen LogP contribution in [0.25, 0.3) is 0 Å². The number of nitrogens with zero attached hydrogens (tertiary/aromatic N) is 2. The number of rotatable bonds is 11. The number of halogens is 4. The number of nitrogens with one attached hydrogen (secondary N) is 2. The van der Waals surface area contributed by atoms with E-state index in [-0.39, 0.29) is 23.9 Å². The molecule has 47 heavy (non-hydrogen) atoms. The van der Waals surface area contributed by atoms with Crippen molar-refractivity contribution in [3.63, 3.8) is 0 Å². The summed E-state index contributed by atoms with van der Waals surface area (Å²) in [7, 11) is -4.15. The smallest absolute Gasteiger partial charge is 0.358 e. The minimum atomic E-state index is -4.52. The summed E-state index contributed by atoms with van der Waals surface area (Å²) < 4.78 is 82.8. The van der Waals surface area contributed by atoms with Crippen LogP contribution < -0.4 is 10.6 Å². The number of carbonyl (C=O) groups excluding carboxylic acids is 1. The van der Waals surface area contributed by atoms with E-state index in [0.29, 0.717) is 49.5 Å². The third-order valence-corrected chi connectivity index (χ3v) is 12.4. The molecule has 0 aromatic heterocycles. The van der Waals surface area contributed by atoms with Crippen molar-refractivity contribution in [2.45, 2.75) is 73.6 Å². The van der Waals surface area contributed by atoms with E-state index in [1.807, 2.05) is 30.3 Å². The molecular formula is C35H36F4N4O3S. The second-order valence-corrected chi connectivity index (χ2v) is 15.6. The van der Waals surface area contributed by atoms with Crippen LogP contribution in [0.15, 0.2) is 88.8 Å². The van der Waals surface area contributed by atoms with Crippen LogP contribution in [0.1, 0.15) is 55.2 Å². The van der Waals surface area contributed by atoms with Crippen LogP contribution in [-0.4, -0.2) is 48.6 Å². The van der Waals surface area contributed by atoms with Crippen LogP contribution >= 0.6 is 0 Å². The predicted molar refractivity (Wildman–Crippen MR) is 168 cm³/mol. The third-order valence-electron chi connectivity index (χ3n) is 10.5. The molecule has 4 aliphatic carbocycles. The second-order valence-electron chi connectivity index (χ2n) is 13.7. The largest absolute Gasteiger partial charge is 0.416 e. The Hall–Kier alpha value is -3.77. The number of amidine groups is 1. The lowest BCUT2D eigenvalue weighted by atomic mass is 9.38. The molecule has 2 N–H and O–H groups in total. The second kappa shape index (κ2) is 11.4. The van der Waals surface area contributed by atoms with Gasteiger partial charge >= 0.3 is 6.18 Å². The molecule has 1 amide bonds. The average molecular weight is 669 g/mol. The van der Waals surface area contributed by atoms with Crippen LogP contribution in [-0.2, 0) is 34.0 Å². The van der Waals surface area contributed by atoms with Gasteiger partial charge < -0.3 is 10.6 Å². The van der Waals surface area contributed by atoms with Crippen molar-refractivity contribution in [1.29, 1.82) is 0 Å². The molecule has 0 spiro atoms. The standard InChI is InChI=1S/C35H36F4N4O3S/c36-28-13-15-29(16-14-28)47(45,46)43(19-26-9-11-27(12-10-26)35(37,38)39)33-20-32(21-33,22-33)30-41-23-34(42-30,17-24-5-2-1-3-6-24)31(44)40-18-25-7-4-8-25/h1-3,5-6,9-16,25H,4,7-8,17-23H2,(H,40,44)(H,41,42). The van der Waals surface area contributed by atoms with Gasteiger partial charge in [-0.1, -0.05) is 48.9 Å². The first-order valence-electron chi connectivity index (χ1n) is 15.9. The molecule has 1 unspecified atom stereocenters. The summed E-state index contributed by atoms with van der Waals surface area (Å²) in [4.78, 5) is 18.5. The number of benzene rings is 3. The molecule has 1 atom stereocenters. The lowest BCUT2D eigenvalue weighted by Crippen LogP contribution is -2.79. The Morgan fingerprint density at radius 1 is 0.936 bits per heavy atom. The van der Waals surface area contributed by atoms with Crippen LogP contribution in [0.2, 0.25) is 0 Å². The number of carbonyl (C=O) groups is 1. The van der Waals surface area contributed by atoms with E-state index in [1.54, 1.807) is 0 Å². The van der Waals surface area contributed by atoms with E-state index in [9.17, 15) is 30.8 Å². The van der Waals surface area contributed by atoms with Crippen LogP contribution in [0.3, 0.4) is 0 Å². The van der Waals surface area contributed by atoms with Crippen molar-refractivity contribution in [2.24, 2.45) is 16.3 Å². The fourth-order valence-electron chi connectivity index (χ4n) is 7.63. The monoisotopic (exact) mass is 668 g/mol. The maximum absolute atomic E-state index is 14.0. The van der Waals surface area contributed by atoms with Gasteiger partial charge in [-0.2, -0.15) is 17.5 Å². The SMILES string of the molecule is O=C(NCC1CCC1)C1(Cc2ccccc2)CN=C(C23CC(N(Cc4ccc(C(F)(F)F)cc4)S(=O)(=O)c4ccc(F)cc4)(C2)C3)N1. The molecule has 1 heterocycles. The van der Waals surface area contributed by atoms with E-state index >= 15 is 0 Å². The minimum Gasteiger partial charge on any atom is -0.358 e. The minimum absolute atomic E-state index is 0.0917. The van der Waals surface area contributed by atoms with E-state index in [0.717, 1.165) is 42.7 Å². The lowest BCUT2D eigenvalue weighted by Gasteiger charge is -2.73. The average Bonchev–Trinajstić information content (AvgIpc) is 3.39. The van der Waals surface area contributed by atoms with Gasteiger partial charge in [-0.15, -0.1) is 0 Å². The summed E-state index contributed by atoms with van der Waals surface area (Å²) in [5.74, 6) is 0.508. The molecule has 248 valence electrons. The summed E-state index contributed by atoms with van der Waals surface area (Å²) in [6, 6.07) is 18.8. The van der Waals surface area contributed by atoms with E-state index in [4.69, 9.17) is 4.99 Å². The van der Waals surface area contributed by atoms with Crippen molar-refractivity contribution in [3.8, 4) is 0 Å². The third kappa shape index (κ3) is 5.73. The number of hydrogen-bond donors (Lipinski definition) is 2. The van der Waals surface area contributed by atoms with Gasteiger partial charge in [0.25, 0.3) is 0 Å². The summed E-state index contributed by atoms with van der Waals surface area (Å²) in [5.41, 5.74) is -1.62. The summed E-state index contributed by atoms with van der Waals surface area (Å²) >= 11 is 0. The molecule has 3 aromatic rings. The maximum Gasteiger partial charge on any atom is 0.416 e. The highest BCUT2D eigenvalue weighted by Gasteiger charge is 2.75. The van der Waals surface area contributed by atoms with Crippen molar-refractivity contribution in [2.75, 3.05) is 13.1 Å².